The molecule has 1 unspecified atom stereocenters. The van der Waals surface area contributed by atoms with Crippen molar-refractivity contribution in [2.75, 3.05) is 40.5 Å². The maximum absolute atomic E-state index is 12.9. The molecule has 0 saturated carbocycles. The molecule has 1 aliphatic heterocycles. The summed E-state index contributed by atoms with van der Waals surface area (Å²) in [6, 6.07) is 7.88. The molecule has 2 aromatic rings. The lowest BCUT2D eigenvalue weighted by Crippen LogP contribution is -2.46. The minimum absolute atomic E-state index is 0.00193. The van der Waals surface area contributed by atoms with E-state index in [2.05, 4.69) is 64.8 Å². The molecule has 0 aliphatic carbocycles. The van der Waals surface area contributed by atoms with Crippen molar-refractivity contribution in [1.29, 1.82) is 0 Å². The van der Waals surface area contributed by atoms with Gasteiger partial charge in [0.1, 0.15) is 5.56 Å². The first kappa shape index (κ1) is 28.7. The van der Waals surface area contributed by atoms with Crippen LogP contribution in [-0.4, -0.2) is 61.1 Å². The van der Waals surface area contributed by atoms with Gasteiger partial charge in [0.05, 0.1) is 30.6 Å². The number of aromatic carboxylic acids is 1. The van der Waals surface area contributed by atoms with Crippen LogP contribution in [0.15, 0.2) is 35.3 Å². The summed E-state index contributed by atoms with van der Waals surface area (Å²) < 4.78 is 12.8. The summed E-state index contributed by atoms with van der Waals surface area (Å²) >= 11 is 0. The standard InChI is InChI=1S/C30H42N2O5/c1-8-20(2)27-21(12-10-14-37-16-15-36-7)11-9-13-22(27)28-24-17-25(33)23(29(34)35)18-32(24)26(19-31(28)6)30(3,4)5/h9,11,13,17-18,26H,8,10,12,14-16,19H2,1-7H3,(H,34,35)/b27-20?,28-22-. The second-order valence-corrected chi connectivity index (χ2v) is 10.9. The summed E-state index contributed by atoms with van der Waals surface area (Å²) in [6.07, 6.45) is 4.22. The number of aryl methyl sites for hydroxylation is 1. The quantitative estimate of drug-likeness (QED) is 0.521. The lowest BCUT2D eigenvalue weighted by Gasteiger charge is -2.43. The molecule has 1 aliphatic rings. The van der Waals surface area contributed by atoms with Gasteiger partial charge in [0.25, 0.3) is 0 Å². The van der Waals surface area contributed by atoms with Crippen molar-refractivity contribution in [3.8, 4) is 0 Å². The third kappa shape index (κ3) is 6.33. The number of nitrogens with zero attached hydrogens (tertiary/aromatic N) is 2. The Labute approximate surface area is 220 Å². The van der Waals surface area contributed by atoms with Crippen molar-refractivity contribution < 1.29 is 19.4 Å². The zero-order chi connectivity index (χ0) is 27.3. The molecule has 7 heteroatoms. The Balaban J connectivity index is 2.28. The predicted molar refractivity (Wildman–Crippen MR) is 147 cm³/mol. The molecular formula is C30H42N2O5. The van der Waals surface area contributed by atoms with E-state index in [4.69, 9.17) is 9.47 Å². The molecule has 1 atom stereocenters. The molecule has 202 valence electrons. The number of rotatable bonds is 9. The highest BCUT2D eigenvalue weighted by atomic mass is 16.5. The molecule has 37 heavy (non-hydrogen) atoms. The van der Waals surface area contributed by atoms with Crippen LogP contribution in [0.5, 0.6) is 0 Å². The van der Waals surface area contributed by atoms with Crippen LogP contribution < -0.4 is 15.9 Å². The fourth-order valence-corrected chi connectivity index (χ4v) is 5.12. The van der Waals surface area contributed by atoms with E-state index >= 15 is 0 Å². The van der Waals surface area contributed by atoms with Crippen molar-refractivity contribution in [2.24, 2.45) is 5.41 Å². The van der Waals surface area contributed by atoms with Gasteiger partial charge in [-0.1, -0.05) is 51.5 Å². The van der Waals surface area contributed by atoms with E-state index in [0.717, 1.165) is 35.9 Å². The maximum Gasteiger partial charge on any atom is 0.341 e. The van der Waals surface area contributed by atoms with Crippen LogP contribution in [0.3, 0.4) is 0 Å². The fraction of sp³-hybridized carbons (Fsp3) is 0.533. The van der Waals surface area contributed by atoms with Gasteiger partial charge in [-0.2, -0.15) is 0 Å². The second kappa shape index (κ2) is 12.1. The highest BCUT2D eigenvalue weighted by Crippen LogP contribution is 2.37. The zero-order valence-corrected chi connectivity index (χ0v) is 23.4. The van der Waals surface area contributed by atoms with Crippen LogP contribution in [0.2, 0.25) is 0 Å². The number of carboxylic acid groups (broad SMARTS) is 1. The van der Waals surface area contributed by atoms with E-state index in [1.165, 1.54) is 22.4 Å². The summed E-state index contributed by atoms with van der Waals surface area (Å²) in [5.41, 5.74) is 3.44. The first-order chi connectivity index (χ1) is 17.5. The summed E-state index contributed by atoms with van der Waals surface area (Å²) in [4.78, 5) is 27.0. The largest absolute Gasteiger partial charge is 0.477 e. The first-order valence-electron chi connectivity index (χ1n) is 13.1. The second-order valence-electron chi connectivity index (χ2n) is 10.9. The number of likely N-dealkylation sites (N-methyl/N-ethyl adjacent to an activating group) is 1. The number of pyridine rings is 1. The lowest BCUT2D eigenvalue weighted by atomic mass is 9.84. The predicted octanol–water partition coefficient (Wildman–Crippen LogP) is 3.41. The van der Waals surface area contributed by atoms with Crippen molar-refractivity contribution >= 4 is 17.2 Å². The van der Waals surface area contributed by atoms with Crippen molar-refractivity contribution in [3.63, 3.8) is 0 Å². The molecule has 3 rings (SSSR count). The first-order valence-corrected chi connectivity index (χ1v) is 13.1. The molecule has 7 nitrogen and oxygen atoms in total. The Morgan fingerprint density at radius 2 is 1.92 bits per heavy atom. The average Bonchev–Trinajstić information content (AvgIpc) is 2.84. The van der Waals surface area contributed by atoms with Crippen LogP contribution in [0.1, 0.15) is 75.1 Å². The zero-order valence-electron chi connectivity index (χ0n) is 23.4. The number of hydrogen-bond acceptors (Lipinski definition) is 5. The molecule has 0 amide bonds. The number of hydrogen-bond donors (Lipinski definition) is 1. The normalized spacial score (nSPS) is 18.0. The van der Waals surface area contributed by atoms with Crippen molar-refractivity contribution in [1.82, 2.24) is 9.47 Å². The van der Waals surface area contributed by atoms with E-state index in [-0.39, 0.29) is 17.0 Å². The number of carboxylic acids is 1. The molecule has 1 aromatic carbocycles. The summed E-state index contributed by atoms with van der Waals surface area (Å²) in [6.45, 7) is 13.3. The van der Waals surface area contributed by atoms with E-state index < -0.39 is 11.4 Å². The highest BCUT2D eigenvalue weighted by molar-refractivity contribution is 5.87. The van der Waals surface area contributed by atoms with Crippen LogP contribution in [0.25, 0.3) is 11.3 Å². The van der Waals surface area contributed by atoms with Crippen LogP contribution in [-0.2, 0) is 15.9 Å². The number of fused-ring (bicyclic) bond motifs is 1. The Bertz CT molecular complexity index is 1300. The number of carbonyl (C=O) groups is 1. The van der Waals surface area contributed by atoms with Crippen LogP contribution >= 0.6 is 0 Å². The molecule has 0 bridgehead atoms. The average molecular weight is 511 g/mol. The lowest BCUT2D eigenvalue weighted by molar-refractivity contribution is 0.0692. The summed E-state index contributed by atoms with van der Waals surface area (Å²) in [5, 5.41) is 12.0. The Kier molecular flexibility index (Phi) is 9.37. The topological polar surface area (TPSA) is 81.0 Å². The van der Waals surface area contributed by atoms with Gasteiger partial charge in [0.15, 0.2) is 5.43 Å². The Hall–Kier alpha value is -2.90. The van der Waals surface area contributed by atoms with Gasteiger partial charge in [-0.15, -0.1) is 0 Å². The number of methoxy groups -OCH3 is 1. The van der Waals surface area contributed by atoms with Gasteiger partial charge in [-0.25, -0.2) is 4.79 Å². The summed E-state index contributed by atoms with van der Waals surface area (Å²) in [7, 11) is 3.73. The van der Waals surface area contributed by atoms with Gasteiger partial charge in [0.2, 0.25) is 0 Å². The van der Waals surface area contributed by atoms with Crippen LogP contribution in [0.4, 0.5) is 0 Å². The molecule has 2 heterocycles. The fourth-order valence-electron chi connectivity index (χ4n) is 5.12. The number of aromatic nitrogens is 1. The third-order valence-electron chi connectivity index (χ3n) is 7.25. The Morgan fingerprint density at radius 3 is 2.54 bits per heavy atom. The van der Waals surface area contributed by atoms with Crippen LogP contribution in [0, 0.1) is 5.41 Å². The van der Waals surface area contributed by atoms with E-state index in [0.29, 0.717) is 26.4 Å². The van der Waals surface area contributed by atoms with E-state index in [9.17, 15) is 14.7 Å². The SMILES string of the molecule is CCC(C)=c1c(CCCOCCOC)ccc/c1=C1\c2cc(=O)c(C(=O)O)cn2C(C(C)(C)C)CN1C. The monoisotopic (exact) mass is 510 g/mol. The molecule has 0 radical (unpaired) electrons. The molecule has 1 aromatic heterocycles. The number of ether oxygens (including phenoxy) is 2. The minimum atomic E-state index is -1.20. The van der Waals surface area contributed by atoms with Crippen molar-refractivity contribution in [2.45, 2.75) is 59.9 Å². The van der Waals surface area contributed by atoms with Gasteiger partial charge in [-0.3, -0.25) is 4.79 Å². The van der Waals surface area contributed by atoms with Gasteiger partial charge in [0, 0.05) is 44.8 Å². The number of benzene rings is 1. The molecule has 0 saturated heterocycles. The van der Waals surface area contributed by atoms with E-state index in [1.54, 1.807) is 13.3 Å². The maximum atomic E-state index is 12.9. The minimum Gasteiger partial charge on any atom is -0.477 e. The molecule has 1 N–H and O–H groups in total. The van der Waals surface area contributed by atoms with Gasteiger partial charge < -0.3 is 24.0 Å². The van der Waals surface area contributed by atoms with Gasteiger partial charge >= 0.3 is 5.97 Å². The van der Waals surface area contributed by atoms with E-state index in [1.807, 2.05) is 4.57 Å². The molecule has 0 fully saturated rings. The molecule has 0 spiro atoms. The molecular weight excluding hydrogens is 468 g/mol. The third-order valence-corrected chi connectivity index (χ3v) is 7.25. The highest BCUT2D eigenvalue weighted by Gasteiger charge is 2.35. The van der Waals surface area contributed by atoms with Gasteiger partial charge in [-0.05, 0) is 42.4 Å². The smallest absolute Gasteiger partial charge is 0.341 e. The summed E-state index contributed by atoms with van der Waals surface area (Å²) in [5.74, 6) is -1.20. The Morgan fingerprint density at radius 1 is 1.19 bits per heavy atom. The van der Waals surface area contributed by atoms with Crippen molar-refractivity contribution in [3.05, 3.63) is 67.9 Å².